The van der Waals surface area contributed by atoms with E-state index in [9.17, 15) is 17.6 Å². The van der Waals surface area contributed by atoms with E-state index >= 15 is 0 Å². The Morgan fingerprint density at radius 1 is 1.33 bits per heavy atom. The number of piperazine rings is 1. The number of aromatic nitrogens is 2. The molecule has 0 aromatic carbocycles. The van der Waals surface area contributed by atoms with Gasteiger partial charge in [0.05, 0.1) is 6.54 Å². The Kier molecular flexibility index (Phi) is 3.81. The summed E-state index contributed by atoms with van der Waals surface area (Å²) in [5.41, 5.74) is 0. The topological polar surface area (TPSA) is 54.2 Å². The number of nitrogens with one attached hydrogen (secondary N) is 1. The lowest BCUT2D eigenvalue weighted by molar-refractivity contribution is -0.152. The summed E-state index contributed by atoms with van der Waals surface area (Å²) < 4.78 is 54.1. The summed E-state index contributed by atoms with van der Waals surface area (Å²) in [5, 5.41) is 6.42. The van der Waals surface area contributed by atoms with E-state index < -0.39 is 18.2 Å². The van der Waals surface area contributed by atoms with Gasteiger partial charge in [0, 0.05) is 26.2 Å². The first-order valence-electron chi connectivity index (χ1n) is 5.42. The molecule has 2 heterocycles. The molecule has 1 aromatic heterocycles. The molecule has 9 heteroatoms. The molecule has 1 saturated heterocycles. The van der Waals surface area contributed by atoms with Gasteiger partial charge >= 0.3 is 18.2 Å². The Bertz CT molecular complexity index is 392. The van der Waals surface area contributed by atoms with Crippen LogP contribution in [0, 0.1) is 0 Å². The van der Waals surface area contributed by atoms with Crippen molar-refractivity contribution in [3.8, 4) is 0 Å². The molecule has 0 radical (unpaired) electrons. The van der Waals surface area contributed by atoms with E-state index in [-0.39, 0.29) is 12.4 Å². The summed E-state index contributed by atoms with van der Waals surface area (Å²) in [6.07, 6.45) is -3.86. The molecule has 0 bridgehead atoms. The molecule has 1 aromatic rings. The highest BCUT2D eigenvalue weighted by molar-refractivity contribution is 4.95. The lowest BCUT2D eigenvalue weighted by Gasteiger charge is -2.25. The molecule has 1 aliphatic rings. The average molecular weight is 268 g/mol. The van der Waals surface area contributed by atoms with Crippen LogP contribution in [0.1, 0.15) is 11.7 Å². The molecule has 102 valence electrons. The van der Waals surface area contributed by atoms with Crippen LogP contribution in [0.15, 0.2) is 4.52 Å². The monoisotopic (exact) mass is 268 g/mol. The first kappa shape index (κ1) is 13.2. The predicted molar refractivity (Wildman–Crippen MR) is 52.3 cm³/mol. The van der Waals surface area contributed by atoms with Crippen molar-refractivity contribution >= 4 is 0 Å². The molecule has 18 heavy (non-hydrogen) atoms. The lowest BCUT2D eigenvalue weighted by Crippen LogP contribution is -2.43. The van der Waals surface area contributed by atoms with Gasteiger partial charge in [0.1, 0.15) is 0 Å². The minimum Gasteiger partial charge on any atom is -0.332 e. The fourth-order valence-corrected chi connectivity index (χ4v) is 1.62. The van der Waals surface area contributed by atoms with Crippen LogP contribution in [-0.4, -0.2) is 47.6 Å². The summed E-state index contributed by atoms with van der Waals surface area (Å²) in [5.74, 6) is -5.73. The fraction of sp³-hybridized carbons (Fsp3) is 0.778. The zero-order chi connectivity index (χ0) is 13.2. The molecule has 1 fully saturated rings. The SMILES string of the molecule is FC(F)C(F)(F)c1nc(CN2CCNCC2)no1. The maximum absolute atomic E-state index is 12.9. The second-order valence-corrected chi connectivity index (χ2v) is 3.97. The molecule has 0 unspecified atom stereocenters. The van der Waals surface area contributed by atoms with E-state index in [2.05, 4.69) is 20.0 Å². The van der Waals surface area contributed by atoms with Gasteiger partial charge in [-0.2, -0.15) is 13.8 Å². The molecule has 5 nitrogen and oxygen atoms in total. The summed E-state index contributed by atoms with van der Waals surface area (Å²) in [6, 6.07) is 0. The first-order valence-corrected chi connectivity index (χ1v) is 5.42. The normalized spacial score (nSPS) is 18.5. The minimum absolute atomic E-state index is 0.00720. The Morgan fingerprint density at radius 2 is 2.00 bits per heavy atom. The second kappa shape index (κ2) is 5.19. The Morgan fingerprint density at radius 3 is 2.61 bits per heavy atom. The highest BCUT2D eigenvalue weighted by atomic mass is 19.3. The smallest absolute Gasteiger partial charge is 0.332 e. The van der Waals surface area contributed by atoms with Crippen LogP contribution in [0.2, 0.25) is 0 Å². The first-order chi connectivity index (χ1) is 8.50. The van der Waals surface area contributed by atoms with Crippen molar-refractivity contribution < 1.29 is 22.1 Å². The molecule has 0 amide bonds. The highest BCUT2D eigenvalue weighted by Gasteiger charge is 2.48. The Balaban J connectivity index is 2.01. The van der Waals surface area contributed by atoms with Crippen LogP contribution in [0.25, 0.3) is 0 Å². The molecular weight excluding hydrogens is 256 g/mol. The van der Waals surface area contributed by atoms with Gasteiger partial charge in [-0.3, -0.25) is 4.90 Å². The van der Waals surface area contributed by atoms with E-state index in [0.717, 1.165) is 26.2 Å². The second-order valence-electron chi connectivity index (χ2n) is 3.97. The average Bonchev–Trinajstić information content (AvgIpc) is 2.79. The van der Waals surface area contributed by atoms with Crippen molar-refractivity contribution in [2.24, 2.45) is 0 Å². The standard InChI is InChI=1S/C9H12F4N4O/c10-7(11)9(12,13)8-15-6(16-18-8)5-17-3-1-14-2-4-17/h7,14H,1-5H2. The van der Waals surface area contributed by atoms with E-state index in [4.69, 9.17) is 0 Å². The van der Waals surface area contributed by atoms with Gasteiger partial charge in [-0.05, 0) is 0 Å². The van der Waals surface area contributed by atoms with Crippen LogP contribution in [0.3, 0.4) is 0 Å². The van der Waals surface area contributed by atoms with Gasteiger partial charge < -0.3 is 9.84 Å². The van der Waals surface area contributed by atoms with Gasteiger partial charge in [-0.1, -0.05) is 5.16 Å². The lowest BCUT2D eigenvalue weighted by atomic mass is 10.3. The van der Waals surface area contributed by atoms with Crippen LogP contribution >= 0.6 is 0 Å². The van der Waals surface area contributed by atoms with E-state index in [1.165, 1.54) is 0 Å². The molecule has 0 atom stereocenters. The quantitative estimate of drug-likeness (QED) is 0.820. The maximum Gasteiger partial charge on any atom is 0.383 e. The number of hydrogen-bond acceptors (Lipinski definition) is 5. The zero-order valence-electron chi connectivity index (χ0n) is 9.37. The molecule has 0 aliphatic carbocycles. The number of rotatable bonds is 4. The third kappa shape index (κ3) is 2.78. The summed E-state index contributed by atoms with van der Waals surface area (Å²) in [7, 11) is 0. The summed E-state index contributed by atoms with van der Waals surface area (Å²) in [6.45, 7) is 3.20. The van der Waals surface area contributed by atoms with Gasteiger partial charge in [0.15, 0.2) is 5.82 Å². The van der Waals surface area contributed by atoms with Crippen molar-refractivity contribution in [1.29, 1.82) is 0 Å². The fourth-order valence-electron chi connectivity index (χ4n) is 1.62. The van der Waals surface area contributed by atoms with E-state index in [1.807, 2.05) is 4.90 Å². The minimum atomic E-state index is -4.39. The Labute approximate surface area is 100 Å². The molecular formula is C9H12F4N4O. The summed E-state index contributed by atoms with van der Waals surface area (Å²) >= 11 is 0. The predicted octanol–water partition coefficient (Wildman–Crippen LogP) is 0.832. The van der Waals surface area contributed by atoms with E-state index in [1.54, 1.807) is 0 Å². The number of hydrogen-bond donors (Lipinski definition) is 1. The van der Waals surface area contributed by atoms with Crippen LogP contribution in [-0.2, 0) is 12.5 Å². The number of alkyl halides is 4. The number of nitrogens with zero attached hydrogens (tertiary/aromatic N) is 3. The van der Waals surface area contributed by atoms with Crippen LogP contribution in [0.5, 0.6) is 0 Å². The van der Waals surface area contributed by atoms with E-state index in [0.29, 0.717) is 0 Å². The third-order valence-electron chi connectivity index (χ3n) is 2.60. The van der Waals surface area contributed by atoms with Gasteiger partial charge in [0.2, 0.25) is 0 Å². The van der Waals surface area contributed by atoms with Crippen molar-refractivity contribution in [3.63, 3.8) is 0 Å². The van der Waals surface area contributed by atoms with Gasteiger partial charge in [-0.25, -0.2) is 8.78 Å². The Hall–Kier alpha value is -1.22. The molecule has 1 aliphatic heterocycles. The summed E-state index contributed by atoms with van der Waals surface area (Å²) in [4.78, 5) is 5.25. The van der Waals surface area contributed by atoms with Crippen molar-refractivity contribution in [3.05, 3.63) is 11.7 Å². The van der Waals surface area contributed by atoms with Crippen molar-refractivity contribution in [1.82, 2.24) is 20.4 Å². The van der Waals surface area contributed by atoms with Gasteiger partial charge in [0.25, 0.3) is 0 Å². The number of halogens is 4. The van der Waals surface area contributed by atoms with Gasteiger partial charge in [-0.15, -0.1) is 0 Å². The zero-order valence-corrected chi connectivity index (χ0v) is 9.37. The van der Waals surface area contributed by atoms with Crippen molar-refractivity contribution in [2.45, 2.75) is 18.9 Å². The molecule has 2 rings (SSSR count). The van der Waals surface area contributed by atoms with Crippen molar-refractivity contribution in [2.75, 3.05) is 26.2 Å². The maximum atomic E-state index is 12.9. The third-order valence-corrected chi connectivity index (χ3v) is 2.60. The highest BCUT2D eigenvalue weighted by Crippen LogP contribution is 2.33. The largest absolute Gasteiger partial charge is 0.383 e. The van der Waals surface area contributed by atoms with Crippen LogP contribution in [0.4, 0.5) is 17.6 Å². The van der Waals surface area contributed by atoms with Crippen LogP contribution < -0.4 is 5.32 Å². The molecule has 1 N–H and O–H groups in total. The molecule has 0 saturated carbocycles. The molecule has 0 spiro atoms.